The van der Waals surface area contributed by atoms with E-state index in [0.717, 1.165) is 26.1 Å². The van der Waals surface area contributed by atoms with Gasteiger partial charge in [-0.1, -0.05) is 26.0 Å². The molecule has 0 aromatic heterocycles. The van der Waals surface area contributed by atoms with Gasteiger partial charge in [-0.05, 0) is 61.9 Å². The lowest BCUT2D eigenvalue weighted by molar-refractivity contribution is -0.139. The lowest BCUT2D eigenvalue weighted by Gasteiger charge is -2.31. The highest BCUT2D eigenvalue weighted by atomic mass is 16.2. The molecule has 1 aromatic rings. The van der Waals surface area contributed by atoms with Crippen LogP contribution in [0.1, 0.15) is 50.3 Å². The van der Waals surface area contributed by atoms with Gasteiger partial charge in [-0.2, -0.15) is 0 Å². The third kappa shape index (κ3) is 5.04. The Morgan fingerprint density at radius 1 is 1.00 bits per heavy atom. The summed E-state index contributed by atoms with van der Waals surface area (Å²) in [7, 11) is 2.14. The summed E-state index contributed by atoms with van der Waals surface area (Å²) in [5.41, 5.74) is 3.93. The molecule has 1 aromatic carbocycles. The summed E-state index contributed by atoms with van der Waals surface area (Å²) in [5, 5.41) is 5.56. The van der Waals surface area contributed by atoms with Crippen molar-refractivity contribution >= 4 is 17.5 Å². The Morgan fingerprint density at radius 2 is 1.68 bits per heavy atom. The van der Waals surface area contributed by atoms with E-state index in [-0.39, 0.29) is 6.04 Å². The molecule has 0 spiro atoms. The monoisotopic (exact) mass is 386 g/mol. The first-order valence-electron chi connectivity index (χ1n) is 10.6. The lowest BCUT2D eigenvalue weighted by atomic mass is 9.96. The Labute approximate surface area is 168 Å². The average molecular weight is 387 g/mol. The standard InChI is InChI=1S/C22H34N4O2/c1-16(2)14-23-21(27)22(28)24-15-20(26-11-4-5-12-26)18-8-9-19-17(13-18)7-6-10-25(19)3/h8-9,13,16,20H,4-7,10-12,14-15H2,1-3H3,(H,23,27)(H,24,28)/t20-/m0/s1. The molecule has 2 heterocycles. The average Bonchev–Trinajstić information content (AvgIpc) is 3.20. The number of carbonyl (C=O) groups is 2. The molecule has 0 unspecified atom stereocenters. The molecule has 0 saturated carbocycles. The van der Waals surface area contributed by atoms with Crippen LogP contribution in [0.15, 0.2) is 18.2 Å². The van der Waals surface area contributed by atoms with Gasteiger partial charge in [-0.15, -0.1) is 0 Å². The number of carbonyl (C=O) groups excluding carboxylic acids is 2. The summed E-state index contributed by atoms with van der Waals surface area (Å²) in [6.45, 7) is 8.17. The first-order valence-corrected chi connectivity index (χ1v) is 10.6. The molecular weight excluding hydrogens is 352 g/mol. The number of fused-ring (bicyclic) bond motifs is 1. The van der Waals surface area contributed by atoms with Crippen molar-refractivity contribution < 1.29 is 9.59 Å². The molecule has 1 saturated heterocycles. The van der Waals surface area contributed by atoms with Crippen molar-refractivity contribution in [1.29, 1.82) is 0 Å². The van der Waals surface area contributed by atoms with Gasteiger partial charge in [-0.3, -0.25) is 14.5 Å². The summed E-state index contributed by atoms with van der Waals surface area (Å²) in [5.74, 6) is -0.758. The van der Waals surface area contributed by atoms with Gasteiger partial charge in [0.05, 0.1) is 6.04 Å². The molecule has 1 fully saturated rings. The number of anilines is 1. The molecule has 0 radical (unpaired) electrons. The van der Waals surface area contributed by atoms with Crippen molar-refractivity contribution in [3.05, 3.63) is 29.3 Å². The molecule has 1 atom stereocenters. The molecule has 0 bridgehead atoms. The predicted octanol–water partition coefficient (Wildman–Crippen LogP) is 2.09. The normalized spacial score (nSPS) is 18.1. The summed E-state index contributed by atoms with van der Waals surface area (Å²) in [6.07, 6.45) is 4.65. The van der Waals surface area contributed by atoms with Crippen LogP contribution in [-0.4, -0.2) is 56.5 Å². The molecule has 2 aliphatic heterocycles. The van der Waals surface area contributed by atoms with Crippen molar-refractivity contribution in [2.75, 3.05) is 44.7 Å². The fourth-order valence-electron chi connectivity index (χ4n) is 4.17. The number of hydrogen-bond donors (Lipinski definition) is 2. The first kappa shape index (κ1) is 20.6. The van der Waals surface area contributed by atoms with Gasteiger partial charge in [-0.25, -0.2) is 0 Å². The molecule has 28 heavy (non-hydrogen) atoms. The van der Waals surface area contributed by atoms with Crippen LogP contribution in [0.4, 0.5) is 5.69 Å². The van der Waals surface area contributed by atoms with E-state index in [2.05, 4.69) is 45.7 Å². The zero-order chi connectivity index (χ0) is 20.1. The van der Waals surface area contributed by atoms with Crippen LogP contribution in [0.2, 0.25) is 0 Å². The number of aryl methyl sites for hydroxylation is 1. The van der Waals surface area contributed by atoms with Crippen molar-refractivity contribution in [3.63, 3.8) is 0 Å². The topological polar surface area (TPSA) is 64.7 Å². The van der Waals surface area contributed by atoms with Crippen LogP contribution < -0.4 is 15.5 Å². The van der Waals surface area contributed by atoms with Crippen molar-refractivity contribution in [2.45, 2.75) is 45.6 Å². The molecule has 0 aliphatic carbocycles. The highest BCUT2D eigenvalue weighted by molar-refractivity contribution is 6.35. The molecule has 2 aliphatic rings. The minimum absolute atomic E-state index is 0.113. The van der Waals surface area contributed by atoms with E-state index in [4.69, 9.17) is 0 Å². The molecule has 6 nitrogen and oxygen atoms in total. The molecule has 6 heteroatoms. The Kier molecular flexibility index (Phi) is 6.94. The van der Waals surface area contributed by atoms with Gasteiger partial charge in [0.15, 0.2) is 0 Å². The van der Waals surface area contributed by atoms with E-state index in [1.54, 1.807) is 0 Å². The van der Waals surface area contributed by atoms with Crippen molar-refractivity contribution in [3.8, 4) is 0 Å². The van der Waals surface area contributed by atoms with Gasteiger partial charge in [0.25, 0.3) is 0 Å². The fourth-order valence-corrected chi connectivity index (χ4v) is 4.17. The second kappa shape index (κ2) is 9.41. The molecule has 2 N–H and O–H groups in total. The van der Waals surface area contributed by atoms with Crippen LogP contribution in [0.5, 0.6) is 0 Å². The number of benzene rings is 1. The number of nitrogens with one attached hydrogen (secondary N) is 2. The number of likely N-dealkylation sites (tertiary alicyclic amines) is 1. The molecule has 3 rings (SSSR count). The van der Waals surface area contributed by atoms with E-state index in [1.165, 1.54) is 36.1 Å². The van der Waals surface area contributed by atoms with E-state index in [9.17, 15) is 9.59 Å². The largest absolute Gasteiger partial charge is 0.374 e. The Hall–Kier alpha value is -2.08. The third-order valence-corrected chi connectivity index (χ3v) is 5.75. The van der Waals surface area contributed by atoms with Gasteiger partial charge < -0.3 is 15.5 Å². The smallest absolute Gasteiger partial charge is 0.309 e. The van der Waals surface area contributed by atoms with Crippen LogP contribution >= 0.6 is 0 Å². The summed E-state index contributed by atoms with van der Waals surface area (Å²) >= 11 is 0. The minimum atomic E-state index is -0.541. The second-order valence-electron chi connectivity index (χ2n) is 8.49. The second-order valence-corrected chi connectivity index (χ2v) is 8.49. The maximum atomic E-state index is 12.2. The van der Waals surface area contributed by atoms with Crippen molar-refractivity contribution in [1.82, 2.24) is 15.5 Å². The molecule has 154 valence electrons. The first-order chi connectivity index (χ1) is 13.5. The highest BCUT2D eigenvalue weighted by Crippen LogP contribution is 2.31. The Balaban J connectivity index is 1.70. The minimum Gasteiger partial charge on any atom is -0.374 e. The van der Waals surface area contributed by atoms with Gasteiger partial charge >= 0.3 is 11.8 Å². The summed E-state index contributed by atoms with van der Waals surface area (Å²) in [6, 6.07) is 6.82. The van der Waals surface area contributed by atoms with E-state index >= 15 is 0 Å². The Bertz CT molecular complexity index is 698. The summed E-state index contributed by atoms with van der Waals surface area (Å²) < 4.78 is 0. The maximum absolute atomic E-state index is 12.2. The maximum Gasteiger partial charge on any atom is 0.309 e. The van der Waals surface area contributed by atoms with E-state index < -0.39 is 11.8 Å². The van der Waals surface area contributed by atoms with Crippen LogP contribution in [0.25, 0.3) is 0 Å². The zero-order valence-electron chi connectivity index (χ0n) is 17.5. The van der Waals surface area contributed by atoms with Crippen LogP contribution in [0.3, 0.4) is 0 Å². The predicted molar refractivity (Wildman–Crippen MR) is 112 cm³/mol. The summed E-state index contributed by atoms with van der Waals surface area (Å²) in [4.78, 5) is 29.0. The zero-order valence-corrected chi connectivity index (χ0v) is 17.5. The van der Waals surface area contributed by atoms with Crippen LogP contribution in [-0.2, 0) is 16.0 Å². The fraction of sp³-hybridized carbons (Fsp3) is 0.636. The van der Waals surface area contributed by atoms with Gasteiger partial charge in [0.1, 0.15) is 0 Å². The van der Waals surface area contributed by atoms with E-state index in [0.29, 0.717) is 19.0 Å². The number of amides is 2. The number of rotatable bonds is 6. The quantitative estimate of drug-likeness (QED) is 0.735. The Morgan fingerprint density at radius 3 is 2.36 bits per heavy atom. The van der Waals surface area contributed by atoms with Gasteiger partial charge in [0, 0.05) is 32.4 Å². The highest BCUT2D eigenvalue weighted by Gasteiger charge is 2.26. The molecule has 2 amide bonds. The number of hydrogen-bond acceptors (Lipinski definition) is 4. The SMILES string of the molecule is CC(C)CNC(=O)C(=O)NC[C@@H](c1ccc2c(c1)CCCN2C)N1CCCC1. The van der Waals surface area contributed by atoms with Crippen molar-refractivity contribution in [2.24, 2.45) is 5.92 Å². The lowest BCUT2D eigenvalue weighted by Crippen LogP contribution is -2.44. The van der Waals surface area contributed by atoms with Gasteiger partial charge in [0.2, 0.25) is 0 Å². The third-order valence-electron chi connectivity index (χ3n) is 5.75. The van der Waals surface area contributed by atoms with E-state index in [1.807, 2.05) is 13.8 Å². The van der Waals surface area contributed by atoms with Crippen LogP contribution in [0, 0.1) is 5.92 Å². The molecular formula is C22H34N4O2. The number of nitrogens with zero attached hydrogens (tertiary/aromatic N) is 2.